The largest absolute Gasteiger partial charge is 0.353 e. The molecule has 0 saturated carbocycles. The lowest BCUT2D eigenvalue weighted by molar-refractivity contribution is -0.126. The quantitative estimate of drug-likeness (QED) is 0.709. The number of amides is 4. The van der Waals surface area contributed by atoms with Crippen molar-refractivity contribution in [2.75, 3.05) is 0 Å². The van der Waals surface area contributed by atoms with Crippen LogP contribution >= 0.6 is 11.6 Å². The van der Waals surface area contributed by atoms with Gasteiger partial charge in [0.1, 0.15) is 6.04 Å². The standard InChI is InChI=1S/C14H16ClN3O3/c1-8(6-9-2-4-10(15)5-3-9)16-12(19)7-11-13(20)18-14(21)17-11/h2-5,8,11H,6-7H2,1H3,(H,16,19)(H2,17,18,20,21). The van der Waals surface area contributed by atoms with E-state index in [1.165, 1.54) is 0 Å². The fraction of sp³-hybridized carbons (Fsp3) is 0.357. The molecule has 1 fully saturated rings. The van der Waals surface area contributed by atoms with Crippen LogP contribution in [-0.2, 0) is 16.0 Å². The minimum atomic E-state index is -0.791. The number of hydrogen-bond donors (Lipinski definition) is 3. The highest BCUT2D eigenvalue weighted by atomic mass is 35.5. The molecule has 0 radical (unpaired) electrons. The summed E-state index contributed by atoms with van der Waals surface area (Å²) in [6.45, 7) is 1.87. The van der Waals surface area contributed by atoms with Crippen molar-refractivity contribution >= 4 is 29.4 Å². The molecule has 3 N–H and O–H groups in total. The van der Waals surface area contributed by atoms with Crippen LogP contribution in [0.5, 0.6) is 0 Å². The van der Waals surface area contributed by atoms with Crippen LogP contribution in [0.2, 0.25) is 5.02 Å². The van der Waals surface area contributed by atoms with E-state index < -0.39 is 18.0 Å². The number of hydrogen-bond acceptors (Lipinski definition) is 3. The molecule has 1 saturated heterocycles. The van der Waals surface area contributed by atoms with Crippen molar-refractivity contribution in [1.82, 2.24) is 16.0 Å². The van der Waals surface area contributed by atoms with E-state index in [-0.39, 0.29) is 18.4 Å². The highest BCUT2D eigenvalue weighted by Gasteiger charge is 2.31. The minimum absolute atomic E-state index is 0.0669. The normalized spacial score (nSPS) is 18.9. The first-order chi connectivity index (χ1) is 9.94. The highest BCUT2D eigenvalue weighted by molar-refractivity contribution is 6.30. The summed E-state index contributed by atoms with van der Waals surface area (Å²) in [4.78, 5) is 34.1. The fourth-order valence-electron chi connectivity index (χ4n) is 2.15. The van der Waals surface area contributed by atoms with E-state index in [9.17, 15) is 14.4 Å². The summed E-state index contributed by atoms with van der Waals surface area (Å²) in [7, 11) is 0. The first-order valence-corrected chi connectivity index (χ1v) is 6.97. The summed E-state index contributed by atoms with van der Waals surface area (Å²) < 4.78 is 0. The van der Waals surface area contributed by atoms with Crippen molar-refractivity contribution in [3.63, 3.8) is 0 Å². The molecular weight excluding hydrogens is 294 g/mol. The number of imide groups is 1. The Morgan fingerprint density at radius 2 is 2.00 bits per heavy atom. The van der Waals surface area contributed by atoms with Crippen LogP contribution in [0.25, 0.3) is 0 Å². The van der Waals surface area contributed by atoms with Gasteiger partial charge >= 0.3 is 6.03 Å². The molecule has 4 amide bonds. The van der Waals surface area contributed by atoms with Gasteiger partial charge in [-0.1, -0.05) is 23.7 Å². The predicted molar refractivity (Wildman–Crippen MR) is 77.8 cm³/mol. The van der Waals surface area contributed by atoms with Gasteiger partial charge in [0, 0.05) is 11.1 Å². The number of benzene rings is 1. The molecule has 0 aliphatic carbocycles. The fourth-order valence-corrected chi connectivity index (χ4v) is 2.27. The molecule has 112 valence electrons. The third-order valence-corrected chi connectivity index (χ3v) is 3.36. The zero-order valence-corrected chi connectivity index (χ0v) is 12.2. The van der Waals surface area contributed by atoms with Gasteiger partial charge in [-0.25, -0.2) is 4.79 Å². The van der Waals surface area contributed by atoms with E-state index in [1.807, 2.05) is 19.1 Å². The third-order valence-electron chi connectivity index (χ3n) is 3.11. The molecular formula is C14H16ClN3O3. The van der Waals surface area contributed by atoms with E-state index >= 15 is 0 Å². The van der Waals surface area contributed by atoms with Crippen molar-refractivity contribution in [2.45, 2.75) is 31.8 Å². The van der Waals surface area contributed by atoms with Crippen LogP contribution in [0.1, 0.15) is 18.9 Å². The third kappa shape index (κ3) is 4.46. The zero-order valence-electron chi connectivity index (χ0n) is 11.5. The smallest absolute Gasteiger partial charge is 0.322 e. The summed E-state index contributed by atoms with van der Waals surface area (Å²) >= 11 is 5.81. The Morgan fingerprint density at radius 1 is 1.33 bits per heavy atom. The van der Waals surface area contributed by atoms with Crippen LogP contribution in [0, 0.1) is 0 Å². The van der Waals surface area contributed by atoms with E-state index in [1.54, 1.807) is 12.1 Å². The van der Waals surface area contributed by atoms with Gasteiger partial charge in [-0.15, -0.1) is 0 Å². The molecule has 0 aromatic heterocycles. The average Bonchev–Trinajstić information content (AvgIpc) is 2.70. The van der Waals surface area contributed by atoms with Gasteiger partial charge in [-0.05, 0) is 31.0 Å². The van der Waals surface area contributed by atoms with Crippen LogP contribution in [-0.4, -0.2) is 29.9 Å². The first-order valence-electron chi connectivity index (χ1n) is 6.59. The number of halogens is 1. The van der Waals surface area contributed by atoms with Crippen molar-refractivity contribution in [1.29, 1.82) is 0 Å². The number of rotatable bonds is 5. The molecule has 1 aromatic carbocycles. The predicted octanol–water partition coefficient (Wildman–Crippen LogP) is 0.985. The number of nitrogens with one attached hydrogen (secondary N) is 3. The summed E-state index contributed by atoms with van der Waals surface area (Å²) in [5.74, 6) is -0.751. The highest BCUT2D eigenvalue weighted by Crippen LogP contribution is 2.11. The van der Waals surface area contributed by atoms with Gasteiger partial charge in [0.15, 0.2) is 0 Å². The Balaban J connectivity index is 1.80. The first kappa shape index (κ1) is 15.3. The van der Waals surface area contributed by atoms with Crippen LogP contribution in [0.4, 0.5) is 4.79 Å². The van der Waals surface area contributed by atoms with Gasteiger partial charge in [-0.3, -0.25) is 14.9 Å². The number of carbonyl (C=O) groups is 3. The van der Waals surface area contributed by atoms with E-state index in [0.717, 1.165) is 5.56 Å². The van der Waals surface area contributed by atoms with Gasteiger partial charge in [0.05, 0.1) is 6.42 Å². The molecule has 21 heavy (non-hydrogen) atoms. The molecule has 1 aliphatic rings. The Hall–Kier alpha value is -2.08. The SMILES string of the molecule is CC(Cc1ccc(Cl)cc1)NC(=O)CC1NC(=O)NC1=O. The Kier molecular flexibility index (Phi) is 4.80. The van der Waals surface area contributed by atoms with E-state index in [2.05, 4.69) is 16.0 Å². The Morgan fingerprint density at radius 3 is 2.57 bits per heavy atom. The van der Waals surface area contributed by atoms with Crippen molar-refractivity contribution in [3.05, 3.63) is 34.9 Å². The average molecular weight is 310 g/mol. The zero-order chi connectivity index (χ0) is 15.4. The van der Waals surface area contributed by atoms with Crippen LogP contribution < -0.4 is 16.0 Å². The molecule has 0 bridgehead atoms. The maximum Gasteiger partial charge on any atom is 0.322 e. The van der Waals surface area contributed by atoms with Gasteiger partial charge in [0.2, 0.25) is 5.91 Å². The molecule has 2 rings (SSSR count). The number of carbonyl (C=O) groups excluding carboxylic acids is 3. The molecule has 1 heterocycles. The lowest BCUT2D eigenvalue weighted by atomic mass is 10.1. The monoisotopic (exact) mass is 309 g/mol. The molecule has 7 heteroatoms. The minimum Gasteiger partial charge on any atom is -0.353 e. The molecule has 2 unspecified atom stereocenters. The van der Waals surface area contributed by atoms with Gasteiger partial charge < -0.3 is 10.6 Å². The summed E-state index contributed by atoms with van der Waals surface area (Å²) in [5, 5.41) is 7.95. The molecule has 1 aromatic rings. The second-order valence-corrected chi connectivity index (χ2v) is 5.46. The molecule has 6 nitrogen and oxygen atoms in total. The molecule has 1 aliphatic heterocycles. The van der Waals surface area contributed by atoms with E-state index in [0.29, 0.717) is 11.4 Å². The van der Waals surface area contributed by atoms with Crippen molar-refractivity contribution < 1.29 is 14.4 Å². The lowest BCUT2D eigenvalue weighted by Gasteiger charge is -2.15. The topological polar surface area (TPSA) is 87.3 Å². The summed E-state index contributed by atoms with van der Waals surface area (Å²) in [6, 6.07) is 5.95. The van der Waals surface area contributed by atoms with Gasteiger partial charge in [-0.2, -0.15) is 0 Å². The summed E-state index contributed by atoms with van der Waals surface area (Å²) in [6.07, 6.45) is 0.592. The maximum absolute atomic E-state index is 11.8. The lowest BCUT2D eigenvalue weighted by Crippen LogP contribution is -2.40. The second-order valence-electron chi connectivity index (χ2n) is 5.02. The Labute approximate surface area is 127 Å². The van der Waals surface area contributed by atoms with Gasteiger partial charge in [0.25, 0.3) is 5.91 Å². The van der Waals surface area contributed by atoms with Crippen molar-refractivity contribution in [2.24, 2.45) is 0 Å². The van der Waals surface area contributed by atoms with Crippen LogP contribution in [0.15, 0.2) is 24.3 Å². The summed E-state index contributed by atoms with van der Waals surface area (Å²) in [5.41, 5.74) is 1.05. The molecule has 0 spiro atoms. The van der Waals surface area contributed by atoms with Crippen molar-refractivity contribution in [3.8, 4) is 0 Å². The molecule has 2 atom stereocenters. The Bertz CT molecular complexity index is 559. The van der Waals surface area contributed by atoms with E-state index in [4.69, 9.17) is 11.6 Å². The van der Waals surface area contributed by atoms with Crippen LogP contribution in [0.3, 0.4) is 0 Å². The second kappa shape index (κ2) is 6.58. The maximum atomic E-state index is 11.8. The number of urea groups is 1.